The second-order valence-corrected chi connectivity index (χ2v) is 12.4. The van der Waals surface area contributed by atoms with Crippen molar-refractivity contribution in [1.29, 1.82) is 5.26 Å². The number of anilines is 1. The van der Waals surface area contributed by atoms with Crippen molar-refractivity contribution >= 4 is 22.2 Å². The summed E-state index contributed by atoms with van der Waals surface area (Å²) in [5, 5.41) is 11.6. The molecule has 5 rings (SSSR count). The van der Waals surface area contributed by atoms with Crippen molar-refractivity contribution in [2.45, 2.75) is 31.6 Å². The molecule has 3 N–H and O–H groups in total. The van der Waals surface area contributed by atoms with Crippen LogP contribution >= 0.6 is 10.6 Å². The largest absolute Gasteiger partial charge is 0.440 e. The maximum absolute atomic E-state index is 14.7. The zero-order valence-electron chi connectivity index (χ0n) is 21.3. The quantitative estimate of drug-likeness (QED) is 0.329. The average molecular weight is 557 g/mol. The van der Waals surface area contributed by atoms with Crippen molar-refractivity contribution < 1.29 is 27.1 Å². The number of amides is 1. The van der Waals surface area contributed by atoms with Crippen molar-refractivity contribution in [2.24, 2.45) is 5.92 Å². The number of benzene rings is 2. The molecule has 206 valence electrons. The van der Waals surface area contributed by atoms with Gasteiger partial charge in [-0.3, -0.25) is 13.9 Å². The van der Waals surface area contributed by atoms with E-state index >= 15 is 0 Å². The summed E-state index contributed by atoms with van der Waals surface area (Å²) >= 11 is 0. The lowest BCUT2D eigenvalue weighted by Crippen LogP contribution is -2.38. The second-order valence-electron chi connectivity index (χ2n) is 9.97. The zero-order valence-corrected chi connectivity index (χ0v) is 22.1. The Morgan fingerprint density at radius 2 is 1.85 bits per heavy atom. The van der Waals surface area contributed by atoms with Crippen molar-refractivity contribution in [1.82, 2.24) is 10.3 Å². The number of nitrogens with zero attached hydrogens (tertiary/aromatic N) is 3. The van der Waals surface area contributed by atoms with E-state index in [1.807, 2.05) is 30.3 Å². The first-order valence-corrected chi connectivity index (χ1v) is 14.8. The first kappa shape index (κ1) is 27.1. The minimum atomic E-state index is -2.51. The third kappa shape index (κ3) is 5.93. The van der Waals surface area contributed by atoms with E-state index in [1.165, 1.54) is 6.07 Å². The van der Waals surface area contributed by atoms with Crippen LogP contribution in [0.15, 0.2) is 46.9 Å². The van der Waals surface area contributed by atoms with Gasteiger partial charge in [-0.2, -0.15) is 15.9 Å². The Morgan fingerprint density at radius 3 is 2.54 bits per heavy atom. The monoisotopic (exact) mass is 556 g/mol. The van der Waals surface area contributed by atoms with Gasteiger partial charge in [-0.05, 0) is 37.1 Å². The van der Waals surface area contributed by atoms with E-state index < -0.39 is 28.1 Å². The molecule has 0 unspecified atom stereocenters. The van der Waals surface area contributed by atoms with E-state index in [0.717, 1.165) is 30.7 Å². The molecule has 1 amide bonds. The van der Waals surface area contributed by atoms with Gasteiger partial charge in [0.15, 0.2) is 0 Å². The van der Waals surface area contributed by atoms with Crippen LogP contribution in [0.5, 0.6) is 0 Å². The van der Waals surface area contributed by atoms with Gasteiger partial charge in [-0.15, -0.1) is 0 Å². The molecule has 1 saturated heterocycles. The number of aromatic nitrogens is 1. The molecule has 1 aliphatic carbocycles. The Bertz CT molecular complexity index is 1380. The molecule has 2 fully saturated rings. The number of rotatable bonds is 6. The number of halogens is 2. The number of carbonyl (C=O) groups excluding carboxylic acids is 1. The Kier molecular flexibility index (Phi) is 7.88. The maximum Gasteiger partial charge on any atom is 0.229 e. The van der Waals surface area contributed by atoms with Crippen LogP contribution in [-0.2, 0) is 4.79 Å². The first-order valence-electron chi connectivity index (χ1n) is 13.0. The van der Waals surface area contributed by atoms with E-state index in [9.17, 15) is 22.7 Å². The van der Waals surface area contributed by atoms with Crippen LogP contribution in [-0.4, -0.2) is 51.1 Å². The Hall–Kier alpha value is -3.46. The fourth-order valence-corrected chi connectivity index (χ4v) is 6.63. The van der Waals surface area contributed by atoms with Gasteiger partial charge in [0.1, 0.15) is 29.6 Å². The Labute approximate surface area is 227 Å². The number of oxazole rings is 1. The van der Waals surface area contributed by atoms with Gasteiger partial charge in [0.25, 0.3) is 0 Å². The van der Waals surface area contributed by atoms with Gasteiger partial charge in [0, 0.05) is 42.2 Å². The molecule has 3 aromatic rings. The highest BCUT2D eigenvalue weighted by Gasteiger charge is 2.37. The number of carbonyl (C=O) groups is 1. The van der Waals surface area contributed by atoms with Crippen molar-refractivity contribution in [3.8, 4) is 28.8 Å². The minimum absolute atomic E-state index is 0.00423. The molecule has 0 spiro atoms. The summed E-state index contributed by atoms with van der Waals surface area (Å²) in [5.74, 6) is -1.38. The van der Waals surface area contributed by atoms with E-state index in [2.05, 4.69) is 15.2 Å². The first-order chi connectivity index (χ1) is 18.8. The van der Waals surface area contributed by atoms with Gasteiger partial charge in [-0.25, -0.2) is 13.8 Å². The maximum atomic E-state index is 14.7. The third-order valence-electron chi connectivity index (χ3n) is 7.48. The number of nitrogens with one attached hydrogen (secondary N) is 1. The molecule has 0 bridgehead atoms. The molecule has 2 heterocycles. The van der Waals surface area contributed by atoms with Crippen LogP contribution < -0.4 is 10.2 Å². The van der Waals surface area contributed by atoms with Gasteiger partial charge in [0.05, 0.1) is 23.1 Å². The highest BCUT2D eigenvalue weighted by molar-refractivity contribution is 8.24. The van der Waals surface area contributed by atoms with Crippen LogP contribution in [0.3, 0.4) is 0 Å². The van der Waals surface area contributed by atoms with E-state index in [4.69, 9.17) is 9.68 Å². The highest BCUT2D eigenvalue weighted by atomic mass is 32.3. The van der Waals surface area contributed by atoms with Crippen molar-refractivity contribution in [2.75, 3.05) is 36.0 Å². The van der Waals surface area contributed by atoms with Crippen molar-refractivity contribution in [3.05, 3.63) is 59.9 Å². The molecular weight excluding hydrogens is 526 g/mol. The molecule has 2 aliphatic rings. The molecule has 2 atom stereocenters. The molecule has 0 radical (unpaired) electrons. The molecule has 1 aromatic heterocycles. The number of hydrogen-bond acceptors (Lipinski definition) is 7. The lowest BCUT2D eigenvalue weighted by atomic mass is 9.76. The van der Waals surface area contributed by atoms with Gasteiger partial charge in [0.2, 0.25) is 11.8 Å². The zero-order chi connectivity index (χ0) is 27.6. The fourth-order valence-electron chi connectivity index (χ4n) is 5.40. The van der Waals surface area contributed by atoms with Gasteiger partial charge in [-0.1, -0.05) is 25.0 Å². The predicted octanol–water partition coefficient (Wildman–Crippen LogP) is 5.77. The summed E-state index contributed by atoms with van der Waals surface area (Å²) in [4.78, 5) is 19.7. The van der Waals surface area contributed by atoms with Crippen LogP contribution in [0.4, 0.5) is 14.5 Å². The summed E-state index contributed by atoms with van der Waals surface area (Å²) in [7, 11) is -2.51. The van der Waals surface area contributed by atoms with Gasteiger partial charge >= 0.3 is 0 Å². The normalized spacial score (nSPS) is 21.7. The van der Waals surface area contributed by atoms with Crippen LogP contribution in [0.2, 0.25) is 0 Å². The third-order valence-corrected chi connectivity index (χ3v) is 9.15. The predicted molar refractivity (Wildman–Crippen MR) is 145 cm³/mol. The number of hydrogen-bond donors (Lipinski definition) is 3. The van der Waals surface area contributed by atoms with Crippen LogP contribution in [0, 0.1) is 28.9 Å². The molecule has 1 saturated carbocycles. The van der Waals surface area contributed by atoms with Crippen molar-refractivity contribution in [3.63, 3.8) is 0 Å². The fraction of sp³-hybridized carbons (Fsp3) is 0.393. The highest BCUT2D eigenvalue weighted by Crippen LogP contribution is 2.45. The van der Waals surface area contributed by atoms with E-state index in [-0.39, 0.29) is 29.8 Å². The smallest absolute Gasteiger partial charge is 0.229 e. The Balaban J connectivity index is 1.52. The standard InChI is InChI=1S/C28H30F2N4O4S/c29-19-7-10-23(24(30)17-19)28-33-25(18-5-8-20(9-6-18)34-13-15-39(36,37)16-14-34)26(38-28)21-3-1-2-4-22(21)27(35)32-12-11-31/h5-10,17,21-22,36-37H,1-4,12-16H2,(H,32,35)/t21-,22-/m1/s1. The lowest BCUT2D eigenvalue weighted by molar-refractivity contribution is -0.126. The number of nitriles is 1. The average Bonchev–Trinajstić information content (AvgIpc) is 3.37. The lowest BCUT2D eigenvalue weighted by Gasteiger charge is -2.41. The summed E-state index contributed by atoms with van der Waals surface area (Å²) < 4.78 is 54.3. The second kappa shape index (κ2) is 11.3. The van der Waals surface area contributed by atoms with E-state index in [1.54, 1.807) is 0 Å². The molecular formula is C28H30F2N4O4S. The SMILES string of the molecule is N#CCNC(=O)[C@@H]1CCCC[C@H]1c1oc(-c2ccc(F)cc2F)nc1-c1ccc(N2CCS(O)(O)CC2)cc1. The molecule has 1 aliphatic heterocycles. The summed E-state index contributed by atoms with van der Waals surface area (Å²) in [5.41, 5.74) is 2.15. The molecule has 39 heavy (non-hydrogen) atoms. The Morgan fingerprint density at radius 1 is 1.13 bits per heavy atom. The molecule has 2 aromatic carbocycles. The topological polar surface area (TPSA) is 123 Å². The molecule has 11 heteroatoms. The van der Waals surface area contributed by atoms with Crippen LogP contribution in [0.1, 0.15) is 37.4 Å². The van der Waals surface area contributed by atoms with Crippen LogP contribution in [0.25, 0.3) is 22.7 Å². The molecule has 8 nitrogen and oxygen atoms in total. The van der Waals surface area contributed by atoms with E-state index in [0.29, 0.717) is 54.5 Å². The summed E-state index contributed by atoms with van der Waals surface area (Å²) in [6.07, 6.45) is 3.02. The summed E-state index contributed by atoms with van der Waals surface area (Å²) in [6.45, 7) is 0.976. The summed E-state index contributed by atoms with van der Waals surface area (Å²) in [6, 6.07) is 12.7. The minimum Gasteiger partial charge on any atom is -0.440 e. The van der Waals surface area contributed by atoms with Gasteiger partial charge < -0.3 is 14.6 Å².